The lowest BCUT2D eigenvalue weighted by Gasteiger charge is -2.23. The number of carbonyl (C=O) groups is 1. The number of nitrogens with one attached hydrogen (secondary N) is 3. The van der Waals surface area contributed by atoms with Crippen molar-refractivity contribution in [3.05, 3.63) is 66.5 Å². The third kappa shape index (κ3) is 5.11. The van der Waals surface area contributed by atoms with E-state index in [1.807, 2.05) is 49.4 Å². The van der Waals surface area contributed by atoms with Crippen LogP contribution >= 0.6 is 0 Å². The molecule has 2 aromatic heterocycles. The number of ether oxygens (including phenoxy) is 1. The maximum absolute atomic E-state index is 13.0. The van der Waals surface area contributed by atoms with Crippen LogP contribution in [-0.2, 0) is 4.79 Å². The Morgan fingerprint density at radius 1 is 1.00 bits per heavy atom. The summed E-state index contributed by atoms with van der Waals surface area (Å²) in [6.45, 7) is 3.98. The van der Waals surface area contributed by atoms with Crippen molar-refractivity contribution >= 4 is 28.3 Å². The van der Waals surface area contributed by atoms with Crippen LogP contribution in [0.25, 0.3) is 22.0 Å². The topological polar surface area (TPSA) is 101 Å². The Hall–Kier alpha value is -4.04. The summed E-state index contributed by atoms with van der Waals surface area (Å²) in [6.07, 6.45) is 9.30. The number of rotatable bonds is 8. The Balaban J connectivity index is 1.17. The number of amides is 1. The molecule has 2 aromatic carbocycles. The van der Waals surface area contributed by atoms with E-state index in [2.05, 4.69) is 32.0 Å². The lowest BCUT2D eigenvalue weighted by molar-refractivity contribution is -0.117. The standard InChI is InChI=1S/C32H34N6O2/c1-19-9-12-22-23(6-2-8-27(22)37-30(39)26-17-25(26)20-10-11-20)29(19)40-31-24(7-4-15-34-31)28-13-16-35-32(38-28)36-21-5-3-14-33-18-21/h2,4,6-9,12-13,15-16,20-21,25-26,33H,3,5,10-11,14,17-18H2,1H3,(H,37,39)(H,35,36,38)/t21-,25?,26?/m0/s1. The number of aromatic nitrogens is 3. The first kappa shape index (κ1) is 25.0. The number of benzene rings is 2. The fourth-order valence-corrected chi connectivity index (χ4v) is 5.97. The van der Waals surface area contributed by atoms with E-state index in [0.29, 0.717) is 23.8 Å². The van der Waals surface area contributed by atoms with Gasteiger partial charge in [0.1, 0.15) is 5.75 Å². The molecule has 3 N–H and O–H groups in total. The number of carbonyl (C=O) groups excluding carboxylic acids is 1. The molecule has 4 aromatic rings. The average Bonchev–Trinajstić information content (AvgIpc) is 3.89. The minimum absolute atomic E-state index is 0.136. The first-order chi connectivity index (χ1) is 19.6. The van der Waals surface area contributed by atoms with E-state index in [-0.39, 0.29) is 11.8 Å². The van der Waals surface area contributed by atoms with Crippen LogP contribution in [0.3, 0.4) is 0 Å². The first-order valence-corrected chi connectivity index (χ1v) is 14.4. The van der Waals surface area contributed by atoms with Crippen molar-refractivity contribution in [2.24, 2.45) is 17.8 Å². The highest BCUT2D eigenvalue weighted by Gasteiger charge is 2.51. The van der Waals surface area contributed by atoms with Gasteiger partial charge in [-0.3, -0.25) is 4.79 Å². The second kappa shape index (κ2) is 10.5. The van der Waals surface area contributed by atoms with Crippen molar-refractivity contribution in [1.82, 2.24) is 20.3 Å². The van der Waals surface area contributed by atoms with E-state index >= 15 is 0 Å². The van der Waals surface area contributed by atoms with Gasteiger partial charge in [-0.25, -0.2) is 15.0 Å². The van der Waals surface area contributed by atoms with Crippen molar-refractivity contribution in [3.63, 3.8) is 0 Å². The Labute approximate surface area is 234 Å². The molecule has 1 aliphatic heterocycles. The molecule has 2 saturated carbocycles. The van der Waals surface area contributed by atoms with E-state index in [4.69, 9.17) is 9.72 Å². The molecule has 1 amide bonds. The van der Waals surface area contributed by atoms with Crippen LogP contribution in [0, 0.1) is 24.7 Å². The molecule has 0 spiro atoms. The van der Waals surface area contributed by atoms with E-state index in [1.165, 1.54) is 12.8 Å². The van der Waals surface area contributed by atoms with Crippen LogP contribution < -0.4 is 20.7 Å². The highest BCUT2D eigenvalue weighted by molar-refractivity contribution is 6.05. The van der Waals surface area contributed by atoms with Gasteiger partial charge in [-0.1, -0.05) is 24.3 Å². The molecule has 0 radical (unpaired) electrons. The fraction of sp³-hybridized carbons (Fsp3) is 0.375. The second-order valence-electron chi connectivity index (χ2n) is 11.4. The second-order valence-corrected chi connectivity index (χ2v) is 11.4. The summed E-state index contributed by atoms with van der Waals surface area (Å²) in [5, 5.41) is 12.0. The number of hydrogen-bond donors (Lipinski definition) is 3. The molecular formula is C32H34N6O2. The number of hydrogen-bond acceptors (Lipinski definition) is 7. The number of nitrogens with zero attached hydrogens (tertiary/aromatic N) is 3. The molecule has 3 aliphatic rings. The van der Waals surface area contributed by atoms with Gasteiger partial charge >= 0.3 is 0 Å². The molecule has 40 heavy (non-hydrogen) atoms. The summed E-state index contributed by atoms with van der Waals surface area (Å²) in [5.41, 5.74) is 3.33. The summed E-state index contributed by atoms with van der Waals surface area (Å²) in [4.78, 5) is 26.8. The summed E-state index contributed by atoms with van der Waals surface area (Å²) < 4.78 is 6.56. The molecule has 3 atom stereocenters. The van der Waals surface area contributed by atoms with Crippen molar-refractivity contribution in [1.29, 1.82) is 0 Å². The Bertz CT molecular complexity index is 1560. The molecule has 3 fully saturated rings. The third-order valence-electron chi connectivity index (χ3n) is 8.40. The minimum atomic E-state index is 0.136. The van der Waals surface area contributed by atoms with Gasteiger partial charge < -0.3 is 20.7 Å². The predicted octanol–water partition coefficient (Wildman–Crippen LogP) is 5.94. The van der Waals surface area contributed by atoms with E-state index in [1.54, 1.807) is 12.4 Å². The van der Waals surface area contributed by atoms with Crippen LogP contribution in [0.15, 0.2) is 60.9 Å². The maximum atomic E-state index is 13.0. The predicted molar refractivity (Wildman–Crippen MR) is 156 cm³/mol. The number of piperidine rings is 1. The van der Waals surface area contributed by atoms with Gasteiger partial charge in [-0.15, -0.1) is 0 Å². The Morgan fingerprint density at radius 2 is 1.93 bits per heavy atom. The fourth-order valence-electron chi connectivity index (χ4n) is 5.97. The molecule has 1 saturated heterocycles. The lowest BCUT2D eigenvalue weighted by Crippen LogP contribution is -2.38. The zero-order valence-electron chi connectivity index (χ0n) is 22.7. The van der Waals surface area contributed by atoms with Gasteiger partial charge in [0.05, 0.1) is 11.3 Å². The molecule has 7 rings (SSSR count). The zero-order chi connectivity index (χ0) is 27.1. The molecule has 2 unspecified atom stereocenters. The molecular weight excluding hydrogens is 500 g/mol. The Kier molecular flexibility index (Phi) is 6.55. The lowest BCUT2D eigenvalue weighted by atomic mass is 10.0. The average molecular weight is 535 g/mol. The van der Waals surface area contributed by atoms with E-state index in [0.717, 1.165) is 77.3 Å². The van der Waals surface area contributed by atoms with Gasteiger partial charge in [0.25, 0.3) is 0 Å². The van der Waals surface area contributed by atoms with Crippen LogP contribution in [0.1, 0.15) is 37.7 Å². The quantitative estimate of drug-likeness (QED) is 0.257. The molecule has 0 bridgehead atoms. The molecule has 8 nitrogen and oxygen atoms in total. The third-order valence-corrected chi connectivity index (χ3v) is 8.40. The molecule has 3 heterocycles. The summed E-state index contributed by atoms with van der Waals surface area (Å²) >= 11 is 0. The summed E-state index contributed by atoms with van der Waals surface area (Å²) in [5.74, 6) is 3.43. The van der Waals surface area contributed by atoms with Gasteiger partial charge in [-0.05, 0) is 87.2 Å². The van der Waals surface area contributed by atoms with Crippen molar-refractivity contribution in [2.75, 3.05) is 23.7 Å². The van der Waals surface area contributed by atoms with Crippen LogP contribution in [0.5, 0.6) is 11.6 Å². The molecule has 204 valence electrons. The first-order valence-electron chi connectivity index (χ1n) is 14.4. The normalized spacial score (nSPS) is 22.1. The molecule has 8 heteroatoms. The highest BCUT2D eigenvalue weighted by atomic mass is 16.5. The molecule has 2 aliphatic carbocycles. The minimum Gasteiger partial charge on any atom is -0.437 e. The Morgan fingerprint density at radius 3 is 2.77 bits per heavy atom. The SMILES string of the molecule is Cc1ccc2c(NC(=O)C3CC3C3CC3)cccc2c1Oc1ncccc1-c1ccnc(N[C@H]2CCCNC2)n1. The van der Waals surface area contributed by atoms with Crippen LogP contribution in [0.2, 0.25) is 0 Å². The van der Waals surface area contributed by atoms with Gasteiger partial charge in [0.15, 0.2) is 0 Å². The maximum Gasteiger partial charge on any atom is 0.228 e. The number of pyridine rings is 1. The van der Waals surface area contributed by atoms with Gasteiger partial charge in [-0.2, -0.15) is 0 Å². The smallest absolute Gasteiger partial charge is 0.228 e. The van der Waals surface area contributed by atoms with Crippen molar-refractivity contribution < 1.29 is 9.53 Å². The van der Waals surface area contributed by atoms with E-state index < -0.39 is 0 Å². The highest BCUT2D eigenvalue weighted by Crippen LogP contribution is 2.54. The summed E-state index contributed by atoms with van der Waals surface area (Å²) in [6, 6.07) is 16.1. The number of anilines is 2. The monoisotopic (exact) mass is 534 g/mol. The van der Waals surface area contributed by atoms with Crippen molar-refractivity contribution in [3.8, 4) is 22.9 Å². The number of aryl methyl sites for hydroxylation is 1. The van der Waals surface area contributed by atoms with Gasteiger partial charge in [0, 0.05) is 47.4 Å². The summed E-state index contributed by atoms with van der Waals surface area (Å²) in [7, 11) is 0. The van der Waals surface area contributed by atoms with Crippen LogP contribution in [0.4, 0.5) is 11.6 Å². The van der Waals surface area contributed by atoms with Gasteiger partial charge in [0.2, 0.25) is 17.7 Å². The largest absolute Gasteiger partial charge is 0.437 e. The van der Waals surface area contributed by atoms with E-state index in [9.17, 15) is 4.79 Å². The number of fused-ring (bicyclic) bond motifs is 1. The van der Waals surface area contributed by atoms with Crippen LogP contribution in [-0.4, -0.2) is 40.0 Å². The van der Waals surface area contributed by atoms with Crippen molar-refractivity contribution in [2.45, 2.75) is 45.1 Å². The zero-order valence-corrected chi connectivity index (χ0v) is 22.7.